The maximum Gasteiger partial charge on any atom is 0.196 e. The summed E-state index contributed by atoms with van der Waals surface area (Å²) in [5.74, 6) is 1.12. The van der Waals surface area contributed by atoms with Crippen LogP contribution in [0, 0.1) is 0 Å². The fourth-order valence-electron chi connectivity index (χ4n) is 2.02. The topological polar surface area (TPSA) is 56.2 Å². The Bertz CT molecular complexity index is 682. The lowest BCUT2D eigenvalue weighted by molar-refractivity contribution is 0.814. The van der Waals surface area contributed by atoms with Gasteiger partial charge in [0.2, 0.25) is 0 Å². The average molecular weight is 258 g/mol. The van der Waals surface area contributed by atoms with Crippen molar-refractivity contribution in [1.29, 1.82) is 0 Å². The third-order valence-corrected chi connectivity index (χ3v) is 3.80. The van der Waals surface area contributed by atoms with Crippen LogP contribution in [0.15, 0.2) is 29.9 Å². The summed E-state index contributed by atoms with van der Waals surface area (Å²) < 4.78 is 2.04. The van der Waals surface area contributed by atoms with E-state index in [1.165, 1.54) is 5.69 Å². The van der Waals surface area contributed by atoms with Crippen molar-refractivity contribution >= 4 is 22.1 Å². The van der Waals surface area contributed by atoms with Crippen LogP contribution in [0.25, 0.3) is 16.2 Å². The highest BCUT2D eigenvalue weighted by molar-refractivity contribution is 7.15. The molecular formula is C13H14N4S. The highest BCUT2D eigenvalue weighted by Gasteiger charge is 2.16. The summed E-state index contributed by atoms with van der Waals surface area (Å²) in [5, 5.41) is 2.12. The lowest BCUT2D eigenvalue weighted by Gasteiger charge is -2.04. The normalized spacial score (nSPS) is 11.5. The van der Waals surface area contributed by atoms with Crippen LogP contribution in [0.3, 0.4) is 0 Å². The zero-order chi connectivity index (χ0) is 12.7. The van der Waals surface area contributed by atoms with E-state index in [1.54, 1.807) is 23.7 Å². The molecule has 3 rings (SSSR count). The summed E-state index contributed by atoms with van der Waals surface area (Å²) in [6, 6.07) is 3.87. The summed E-state index contributed by atoms with van der Waals surface area (Å²) >= 11 is 1.62. The van der Waals surface area contributed by atoms with E-state index in [2.05, 4.69) is 29.2 Å². The molecule has 0 aliphatic rings. The number of nitrogens with zero attached hydrogens (tertiary/aromatic N) is 3. The maximum absolute atomic E-state index is 6.23. The summed E-state index contributed by atoms with van der Waals surface area (Å²) in [7, 11) is 0. The molecule has 18 heavy (non-hydrogen) atoms. The number of hydrogen-bond donors (Lipinski definition) is 1. The van der Waals surface area contributed by atoms with E-state index in [-0.39, 0.29) is 0 Å². The summed E-state index contributed by atoms with van der Waals surface area (Å²) in [6.07, 6.45) is 3.54. The van der Waals surface area contributed by atoms with Crippen LogP contribution in [0.4, 0.5) is 5.82 Å². The third-order valence-electron chi connectivity index (χ3n) is 2.95. The number of nitrogen functional groups attached to an aromatic ring is 1. The first-order chi connectivity index (χ1) is 8.68. The van der Waals surface area contributed by atoms with E-state index in [9.17, 15) is 0 Å². The molecule has 0 unspecified atom stereocenters. The average Bonchev–Trinajstić information content (AvgIpc) is 2.91. The minimum absolute atomic E-state index is 0.428. The molecule has 92 valence electrons. The molecule has 0 aromatic carbocycles. The Hall–Kier alpha value is -1.88. The van der Waals surface area contributed by atoms with Crippen LogP contribution in [0.1, 0.15) is 25.5 Å². The Morgan fingerprint density at radius 1 is 1.39 bits per heavy atom. The van der Waals surface area contributed by atoms with Crippen LogP contribution >= 0.6 is 11.3 Å². The Morgan fingerprint density at radius 2 is 2.22 bits per heavy atom. The molecule has 3 aromatic heterocycles. The quantitative estimate of drug-likeness (QED) is 0.768. The second kappa shape index (κ2) is 4.10. The standard InChI is InChI=1S/C13H14N4S/c1-8(2)10-7-18-13-16-11(12(14)17(10)13)9-4-3-5-15-6-9/h3-8H,14H2,1-2H3. The summed E-state index contributed by atoms with van der Waals surface area (Å²) in [5.41, 5.74) is 9.21. The van der Waals surface area contributed by atoms with Crippen molar-refractivity contribution < 1.29 is 0 Å². The number of hydrogen-bond acceptors (Lipinski definition) is 4. The highest BCUT2D eigenvalue weighted by atomic mass is 32.1. The number of pyridine rings is 1. The van der Waals surface area contributed by atoms with Gasteiger partial charge in [-0.05, 0) is 18.1 Å². The molecule has 3 aromatic rings. The molecule has 2 N–H and O–H groups in total. The second-order valence-electron chi connectivity index (χ2n) is 4.52. The number of nitrogens with two attached hydrogens (primary N) is 1. The summed E-state index contributed by atoms with van der Waals surface area (Å²) in [6.45, 7) is 4.31. The molecule has 0 fully saturated rings. The Balaban J connectivity index is 2.24. The molecule has 0 radical (unpaired) electrons. The van der Waals surface area contributed by atoms with E-state index in [4.69, 9.17) is 5.73 Å². The SMILES string of the molecule is CC(C)c1csc2nc(-c3cccnc3)c(N)n12. The van der Waals surface area contributed by atoms with Gasteiger partial charge in [-0.25, -0.2) is 4.98 Å². The van der Waals surface area contributed by atoms with Gasteiger partial charge in [0.05, 0.1) is 0 Å². The smallest absolute Gasteiger partial charge is 0.196 e. The van der Waals surface area contributed by atoms with Gasteiger partial charge < -0.3 is 5.73 Å². The van der Waals surface area contributed by atoms with E-state index in [0.717, 1.165) is 16.2 Å². The van der Waals surface area contributed by atoms with E-state index < -0.39 is 0 Å². The van der Waals surface area contributed by atoms with Gasteiger partial charge in [-0.1, -0.05) is 13.8 Å². The predicted octanol–water partition coefficient (Wildman–Crippen LogP) is 3.16. The monoisotopic (exact) mass is 258 g/mol. The molecule has 0 amide bonds. The van der Waals surface area contributed by atoms with Gasteiger partial charge in [-0.3, -0.25) is 9.38 Å². The molecule has 0 aliphatic carbocycles. The van der Waals surface area contributed by atoms with Crippen LogP contribution in [0.2, 0.25) is 0 Å². The van der Waals surface area contributed by atoms with E-state index in [0.29, 0.717) is 11.7 Å². The number of aromatic nitrogens is 3. The van der Waals surface area contributed by atoms with Gasteiger partial charge >= 0.3 is 0 Å². The molecule has 0 saturated carbocycles. The van der Waals surface area contributed by atoms with Crippen molar-refractivity contribution in [1.82, 2.24) is 14.4 Å². The summed E-state index contributed by atoms with van der Waals surface area (Å²) in [4.78, 5) is 9.65. The molecule has 4 nitrogen and oxygen atoms in total. The van der Waals surface area contributed by atoms with Crippen LogP contribution in [-0.4, -0.2) is 14.4 Å². The van der Waals surface area contributed by atoms with Gasteiger partial charge in [0.1, 0.15) is 11.5 Å². The number of thiazole rings is 1. The number of rotatable bonds is 2. The highest BCUT2D eigenvalue weighted by Crippen LogP contribution is 2.32. The van der Waals surface area contributed by atoms with Gasteiger partial charge in [-0.2, -0.15) is 0 Å². The van der Waals surface area contributed by atoms with Crippen LogP contribution < -0.4 is 5.73 Å². The van der Waals surface area contributed by atoms with Crippen molar-refractivity contribution in [3.05, 3.63) is 35.6 Å². The molecule has 0 spiro atoms. The minimum atomic E-state index is 0.428. The lowest BCUT2D eigenvalue weighted by Crippen LogP contribution is -1.99. The molecule has 0 atom stereocenters. The molecule has 0 bridgehead atoms. The minimum Gasteiger partial charge on any atom is -0.383 e. The maximum atomic E-state index is 6.23. The predicted molar refractivity (Wildman–Crippen MR) is 74.8 cm³/mol. The van der Waals surface area contributed by atoms with Gasteiger partial charge in [0, 0.05) is 29.0 Å². The molecule has 0 saturated heterocycles. The number of fused-ring (bicyclic) bond motifs is 1. The van der Waals surface area contributed by atoms with E-state index >= 15 is 0 Å². The van der Waals surface area contributed by atoms with Crippen molar-refractivity contribution in [2.24, 2.45) is 0 Å². The Morgan fingerprint density at radius 3 is 2.89 bits per heavy atom. The largest absolute Gasteiger partial charge is 0.383 e. The molecular weight excluding hydrogens is 244 g/mol. The molecule has 3 heterocycles. The zero-order valence-corrected chi connectivity index (χ0v) is 11.1. The third kappa shape index (κ3) is 1.59. The molecule has 5 heteroatoms. The van der Waals surface area contributed by atoms with Gasteiger partial charge in [0.15, 0.2) is 4.96 Å². The first-order valence-corrected chi connectivity index (χ1v) is 6.72. The lowest BCUT2D eigenvalue weighted by atomic mass is 10.1. The fraction of sp³-hybridized carbons (Fsp3) is 0.231. The van der Waals surface area contributed by atoms with Gasteiger partial charge in [-0.15, -0.1) is 11.3 Å². The van der Waals surface area contributed by atoms with Crippen molar-refractivity contribution in [2.75, 3.05) is 5.73 Å². The Labute approximate surface area is 109 Å². The number of imidazole rings is 1. The van der Waals surface area contributed by atoms with Gasteiger partial charge in [0.25, 0.3) is 0 Å². The first kappa shape index (κ1) is 11.2. The van der Waals surface area contributed by atoms with Crippen molar-refractivity contribution in [3.63, 3.8) is 0 Å². The first-order valence-electron chi connectivity index (χ1n) is 5.84. The zero-order valence-electron chi connectivity index (χ0n) is 10.3. The fourth-order valence-corrected chi connectivity index (χ4v) is 3.07. The van der Waals surface area contributed by atoms with Crippen molar-refractivity contribution in [3.8, 4) is 11.3 Å². The Kier molecular flexibility index (Phi) is 2.56. The van der Waals surface area contributed by atoms with Crippen LogP contribution in [0.5, 0.6) is 0 Å². The molecule has 0 aliphatic heterocycles. The van der Waals surface area contributed by atoms with E-state index in [1.807, 2.05) is 16.5 Å². The van der Waals surface area contributed by atoms with Crippen LogP contribution in [-0.2, 0) is 0 Å². The van der Waals surface area contributed by atoms with Crippen molar-refractivity contribution in [2.45, 2.75) is 19.8 Å². The second-order valence-corrected chi connectivity index (χ2v) is 5.36. The number of anilines is 1.